The summed E-state index contributed by atoms with van der Waals surface area (Å²) in [5.41, 5.74) is 1.89. The van der Waals surface area contributed by atoms with Gasteiger partial charge in [0.05, 0.1) is 12.0 Å². The van der Waals surface area contributed by atoms with Crippen LogP contribution in [-0.2, 0) is 6.54 Å². The Morgan fingerprint density at radius 3 is 2.87 bits per heavy atom. The summed E-state index contributed by atoms with van der Waals surface area (Å²) in [4.78, 5) is 8.61. The molecule has 0 N–H and O–H groups in total. The third-order valence-corrected chi connectivity index (χ3v) is 2.33. The Bertz CT molecular complexity index is 406. The molecule has 0 aliphatic heterocycles. The Morgan fingerprint density at radius 1 is 1.20 bits per heavy atom. The van der Waals surface area contributed by atoms with Crippen molar-refractivity contribution in [3.05, 3.63) is 36.9 Å². The van der Waals surface area contributed by atoms with Gasteiger partial charge in [0, 0.05) is 18.9 Å². The highest BCUT2D eigenvalue weighted by atomic mass is 15.0. The molecule has 0 aliphatic carbocycles. The molecule has 0 spiro atoms. The molecule has 0 unspecified atom stereocenters. The lowest BCUT2D eigenvalue weighted by molar-refractivity contribution is 0.631. The lowest BCUT2D eigenvalue weighted by Gasteiger charge is -1.97. The van der Waals surface area contributed by atoms with Gasteiger partial charge in [-0.15, -0.1) is 0 Å². The molecule has 2 rings (SSSR count). The first-order valence-corrected chi connectivity index (χ1v) is 5.33. The molecule has 0 aliphatic rings. The largest absolute Gasteiger partial charge is 0.337 e. The number of imidazole rings is 1. The minimum Gasteiger partial charge on any atom is -0.337 e. The number of unbranched alkanes of at least 4 members (excludes halogenated alkanes) is 1. The molecule has 3 heteroatoms. The quantitative estimate of drug-likeness (QED) is 0.761. The number of hydrogen-bond donors (Lipinski definition) is 0. The van der Waals surface area contributed by atoms with Crippen LogP contribution in [0, 0.1) is 0 Å². The zero-order valence-corrected chi connectivity index (χ0v) is 8.93. The molecule has 78 valence electrons. The van der Waals surface area contributed by atoms with Crippen LogP contribution in [0.3, 0.4) is 0 Å². The summed E-state index contributed by atoms with van der Waals surface area (Å²) in [7, 11) is 0. The van der Waals surface area contributed by atoms with E-state index < -0.39 is 0 Å². The third kappa shape index (κ3) is 2.43. The van der Waals surface area contributed by atoms with E-state index in [9.17, 15) is 0 Å². The average Bonchev–Trinajstić information content (AvgIpc) is 2.76. The van der Waals surface area contributed by atoms with Gasteiger partial charge < -0.3 is 4.57 Å². The Labute approximate surface area is 89.8 Å². The second kappa shape index (κ2) is 4.73. The van der Waals surface area contributed by atoms with Crippen molar-refractivity contribution in [1.29, 1.82) is 0 Å². The first-order valence-electron chi connectivity index (χ1n) is 5.33. The van der Waals surface area contributed by atoms with Crippen LogP contribution in [0.2, 0.25) is 0 Å². The fraction of sp³-hybridized carbons (Fsp3) is 0.333. The zero-order chi connectivity index (χ0) is 10.5. The number of nitrogens with zero attached hydrogens (tertiary/aromatic N) is 3. The van der Waals surface area contributed by atoms with Crippen LogP contribution in [0.1, 0.15) is 19.8 Å². The van der Waals surface area contributed by atoms with E-state index >= 15 is 0 Å². The number of aromatic nitrogens is 3. The summed E-state index contributed by atoms with van der Waals surface area (Å²) >= 11 is 0. The summed E-state index contributed by atoms with van der Waals surface area (Å²) in [6, 6.07) is 5.87. The summed E-state index contributed by atoms with van der Waals surface area (Å²) < 4.78 is 2.12. The summed E-state index contributed by atoms with van der Waals surface area (Å²) in [5, 5.41) is 0. The molecule has 0 atom stereocenters. The molecular weight excluding hydrogens is 186 g/mol. The molecule has 2 aromatic heterocycles. The molecule has 0 saturated heterocycles. The fourth-order valence-electron chi connectivity index (χ4n) is 1.47. The second-order valence-corrected chi connectivity index (χ2v) is 3.57. The minimum absolute atomic E-state index is 0.938. The van der Waals surface area contributed by atoms with Crippen LogP contribution in [0.5, 0.6) is 0 Å². The van der Waals surface area contributed by atoms with E-state index in [1.54, 1.807) is 6.20 Å². The van der Waals surface area contributed by atoms with Gasteiger partial charge in [0.15, 0.2) is 0 Å². The Kier molecular flexibility index (Phi) is 3.12. The van der Waals surface area contributed by atoms with Crippen molar-refractivity contribution in [3.63, 3.8) is 0 Å². The standard InChI is InChI=1S/C12H15N3/c1-2-3-8-15-9-12(14-10-15)11-6-4-5-7-13-11/h4-7,9-10H,2-3,8H2,1H3. The summed E-state index contributed by atoms with van der Waals surface area (Å²) in [5.74, 6) is 0. The van der Waals surface area contributed by atoms with E-state index in [1.807, 2.05) is 24.5 Å². The topological polar surface area (TPSA) is 30.7 Å². The fourth-order valence-corrected chi connectivity index (χ4v) is 1.47. The van der Waals surface area contributed by atoms with Crippen molar-refractivity contribution >= 4 is 0 Å². The van der Waals surface area contributed by atoms with Crippen molar-refractivity contribution in [1.82, 2.24) is 14.5 Å². The molecule has 2 aromatic rings. The predicted octanol–water partition coefficient (Wildman–Crippen LogP) is 2.75. The van der Waals surface area contributed by atoms with Gasteiger partial charge in [0.2, 0.25) is 0 Å². The van der Waals surface area contributed by atoms with Crippen molar-refractivity contribution < 1.29 is 0 Å². The third-order valence-electron chi connectivity index (χ3n) is 2.33. The van der Waals surface area contributed by atoms with E-state index in [0.29, 0.717) is 0 Å². The van der Waals surface area contributed by atoms with Gasteiger partial charge in [-0.1, -0.05) is 19.4 Å². The SMILES string of the molecule is CCCCn1cnc(-c2ccccn2)c1. The van der Waals surface area contributed by atoms with Crippen LogP contribution in [0.4, 0.5) is 0 Å². The molecule has 15 heavy (non-hydrogen) atoms. The van der Waals surface area contributed by atoms with Crippen molar-refractivity contribution in [2.75, 3.05) is 0 Å². The molecule has 0 fully saturated rings. The number of pyridine rings is 1. The van der Waals surface area contributed by atoms with Crippen molar-refractivity contribution in [3.8, 4) is 11.4 Å². The lowest BCUT2D eigenvalue weighted by Crippen LogP contribution is -1.92. The molecule has 2 heterocycles. The number of hydrogen-bond acceptors (Lipinski definition) is 2. The van der Waals surface area contributed by atoms with Crippen LogP contribution >= 0.6 is 0 Å². The zero-order valence-electron chi connectivity index (χ0n) is 8.93. The molecule has 0 aromatic carbocycles. The van der Waals surface area contributed by atoms with Gasteiger partial charge in [-0.05, 0) is 18.6 Å². The maximum Gasteiger partial charge on any atom is 0.107 e. The highest BCUT2D eigenvalue weighted by Gasteiger charge is 2.01. The highest BCUT2D eigenvalue weighted by Crippen LogP contribution is 2.13. The normalized spacial score (nSPS) is 10.5. The second-order valence-electron chi connectivity index (χ2n) is 3.57. The van der Waals surface area contributed by atoms with Gasteiger partial charge in [-0.25, -0.2) is 4.98 Å². The van der Waals surface area contributed by atoms with Crippen LogP contribution < -0.4 is 0 Å². The molecule has 3 nitrogen and oxygen atoms in total. The average molecular weight is 201 g/mol. The smallest absolute Gasteiger partial charge is 0.107 e. The van der Waals surface area contributed by atoms with Gasteiger partial charge in [0.1, 0.15) is 5.69 Å². The van der Waals surface area contributed by atoms with E-state index in [-0.39, 0.29) is 0 Å². The van der Waals surface area contributed by atoms with Gasteiger partial charge in [-0.2, -0.15) is 0 Å². The molecular formula is C12H15N3. The molecule has 0 amide bonds. The molecule has 0 radical (unpaired) electrons. The van der Waals surface area contributed by atoms with E-state index in [2.05, 4.69) is 27.7 Å². The van der Waals surface area contributed by atoms with E-state index in [0.717, 1.165) is 17.9 Å². The monoisotopic (exact) mass is 201 g/mol. The number of rotatable bonds is 4. The molecule has 0 bridgehead atoms. The van der Waals surface area contributed by atoms with Gasteiger partial charge in [0.25, 0.3) is 0 Å². The van der Waals surface area contributed by atoms with Crippen molar-refractivity contribution in [2.24, 2.45) is 0 Å². The van der Waals surface area contributed by atoms with E-state index in [4.69, 9.17) is 0 Å². The Hall–Kier alpha value is -1.64. The summed E-state index contributed by atoms with van der Waals surface area (Å²) in [6.45, 7) is 3.23. The first kappa shape index (κ1) is 9.90. The highest BCUT2D eigenvalue weighted by molar-refractivity contribution is 5.52. The van der Waals surface area contributed by atoms with Gasteiger partial charge in [-0.3, -0.25) is 4.98 Å². The predicted molar refractivity (Wildman–Crippen MR) is 60.4 cm³/mol. The van der Waals surface area contributed by atoms with Crippen molar-refractivity contribution in [2.45, 2.75) is 26.3 Å². The lowest BCUT2D eigenvalue weighted by atomic mass is 10.3. The molecule has 0 saturated carbocycles. The summed E-state index contributed by atoms with van der Waals surface area (Å²) in [6.07, 6.45) is 8.12. The Balaban J connectivity index is 2.14. The minimum atomic E-state index is 0.938. The number of aryl methyl sites for hydroxylation is 1. The van der Waals surface area contributed by atoms with E-state index in [1.165, 1.54) is 12.8 Å². The Morgan fingerprint density at radius 2 is 2.13 bits per heavy atom. The maximum atomic E-state index is 4.34. The van der Waals surface area contributed by atoms with Gasteiger partial charge >= 0.3 is 0 Å². The first-order chi connectivity index (χ1) is 7.40. The maximum absolute atomic E-state index is 4.34. The van der Waals surface area contributed by atoms with Crippen LogP contribution in [0.25, 0.3) is 11.4 Å². The van der Waals surface area contributed by atoms with Crippen LogP contribution in [-0.4, -0.2) is 14.5 Å². The van der Waals surface area contributed by atoms with Crippen LogP contribution in [0.15, 0.2) is 36.9 Å².